The van der Waals surface area contributed by atoms with Crippen LogP contribution in [0.3, 0.4) is 0 Å². The number of anilines is 2. The molecule has 0 aliphatic heterocycles. The number of hydrogen-bond donors (Lipinski definition) is 2. The average Bonchev–Trinajstić information content (AvgIpc) is 2.67. The minimum Gasteiger partial charge on any atom is -0.496 e. The molecule has 0 bridgehead atoms. The minimum absolute atomic E-state index is 0.233. The van der Waals surface area contributed by atoms with Gasteiger partial charge in [-0.15, -0.1) is 0 Å². The summed E-state index contributed by atoms with van der Waals surface area (Å²) in [5.41, 5.74) is 1.91. The van der Waals surface area contributed by atoms with Crippen LogP contribution < -0.4 is 15.4 Å². The lowest BCUT2D eigenvalue weighted by molar-refractivity contribution is 0.0945. The third kappa shape index (κ3) is 4.49. The highest BCUT2D eigenvalue weighted by molar-refractivity contribution is 6.30. The summed E-state index contributed by atoms with van der Waals surface area (Å²) in [6, 6.07) is 14.8. The van der Waals surface area contributed by atoms with E-state index in [4.69, 9.17) is 16.3 Å². The fraction of sp³-hybridized carbons (Fsp3) is 0.105. The summed E-state index contributed by atoms with van der Waals surface area (Å²) in [6.07, 6.45) is 2.92. The van der Waals surface area contributed by atoms with Gasteiger partial charge in [0.1, 0.15) is 17.3 Å². The predicted molar refractivity (Wildman–Crippen MR) is 101 cm³/mol. The number of hydrogen-bond acceptors (Lipinski definition) is 5. The van der Waals surface area contributed by atoms with E-state index in [0.29, 0.717) is 17.4 Å². The van der Waals surface area contributed by atoms with Gasteiger partial charge in [0.25, 0.3) is 5.91 Å². The number of nitrogens with one attached hydrogen (secondary N) is 2. The highest BCUT2D eigenvalue weighted by Crippen LogP contribution is 2.19. The summed E-state index contributed by atoms with van der Waals surface area (Å²) in [5.74, 6) is 0.936. The number of benzene rings is 2. The number of halogens is 1. The summed E-state index contributed by atoms with van der Waals surface area (Å²) in [6.45, 7) is 0.340. The molecule has 2 aromatic carbocycles. The Morgan fingerprint density at radius 1 is 1.12 bits per heavy atom. The van der Waals surface area contributed by atoms with Crippen LogP contribution in [0.25, 0.3) is 0 Å². The Hall–Kier alpha value is -3.12. The molecular weight excluding hydrogens is 352 g/mol. The van der Waals surface area contributed by atoms with Crippen molar-refractivity contribution in [2.75, 3.05) is 12.4 Å². The highest BCUT2D eigenvalue weighted by Gasteiger charge is 2.09. The van der Waals surface area contributed by atoms with Crippen molar-refractivity contribution in [1.29, 1.82) is 0 Å². The van der Waals surface area contributed by atoms with E-state index in [-0.39, 0.29) is 11.6 Å². The van der Waals surface area contributed by atoms with Crippen molar-refractivity contribution in [3.8, 4) is 5.75 Å². The average molecular weight is 369 g/mol. The quantitative estimate of drug-likeness (QED) is 0.691. The third-order valence-corrected chi connectivity index (χ3v) is 3.85. The lowest BCUT2D eigenvalue weighted by Crippen LogP contribution is -2.24. The molecule has 3 aromatic rings. The molecule has 0 saturated carbocycles. The molecule has 0 aliphatic rings. The summed E-state index contributed by atoms with van der Waals surface area (Å²) in [4.78, 5) is 20.6. The molecule has 1 amide bonds. The molecule has 0 fully saturated rings. The van der Waals surface area contributed by atoms with E-state index in [9.17, 15) is 4.79 Å². The minimum atomic E-state index is -0.308. The second-order valence-electron chi connectivity index (χ2n) is 5.42. The molecule has 0 aliphatic carbocycles. The molecule has 26 heavy (non-hydrogen) atoms. The summed E-state index contributed by atoms with van der Waals surface area (Å²) in [5, 5.41) is 6.51. The summed E-state index contributed by atoms with van der Waals surface area (Å²) < 4.78 is 5.27. The van der Waals surface area contributed by atoms with Crippen LogP contribution in [0, 0.1) is 0 Å². The van der Waals surface area contributed by atoms with Crippen molar-refractivity contribution in [2.45, 2.75) is 6.54 Å². The zero-order valence-corrected chi connectivity index (χ0v) is 14.8. The van der Waals surface area contributed by atoms with Crippen LogP contribution in [0.2, 0.25) is 5.02 Å². The number of carbonyl (C=O) groups excluding carboxylic acids is 1. The van der Waals surface area contributed by atoms with Crippen molar-refractivity contribution in [3.63, 3.8) is 0 Å². The van der Waals surface area contributed by atoms with Gasteiger partial charge >= 0.3 is 0 Å². The number of ether oxygens (including phenoxy) is 1. The predicted octanol–water partition coefficient (Wildman–Crippen LogP) is 3.81. The normalized spacial score (nSPS) is 10.2. The number of carbonyl (C=O) groups is 1. The maximum atomic E-state index is 12.2. The number of rotatable bonds is 6. The molecule has 6 nitrogen and oxygen atoms in total. The molecule has 3 rings (SSSR count). The van der Waals surface area contributed by atoms with E-state index in [1.807, 2.05) is 36.4 Å². The first-order valence-corrected chi connectivity index (χ1v) is 8.28. The van der Waals surface area contributed by atoms with E-state index >= 15 is 0 Å². The molecule has 0 saturated heterocycles. The molecule has 2 N–H and O–H groups in total. The van der Waals surface area contributed by atoms with Crippen molar-refractivity contribution >= 4 is 29.0 Å². The van der Waals surface area contributed by atoms with Crippen molar-refractivity contribution in [1.82, 2.24) is 15.3 Å². The van der Waals surface area contributed by atoms with Crippen LogP contribution in [0.1, 0.15) is 16.1 Å². The van der Waals surface area contributed by atoms with Crippen molar-refractivity contribution < 1.29 is 9.53 Å². The zero-order chi connectivity index (χ0) is 18.4. The van der Waals surface area contributed by atoms with Crippen LogP contribution in [0.5, 0.6) is 5.75 Å². The number of nitrogens with zero attached hydrogens (tertiary/aromatic N) is 2. The van der Waals surface area contributed by atoms with E-state index in [1.165, 1.54) is 12.4 Å². The molecular formula is C19H17ClN4O2. The summed E-state index contributed by atoms with van der Waals surface area (Å²) in [7, 11) is 1.60. The van der Waals surface area contributed by atoms with Gasteiger partial charge in [0.2, 0.25) is 0 Å². The molecule has 0 unspecified atom stereocenters. The van der Waals surface area contributed by atoms with E-state index in [1.54, 1.807) is 19.2 Å². The Morgan fingerprint density at radius 2 is 1.96 bits per heavy atom. The number of para-hydroxylation sites is 1. The van der Waals surface area contributed by atoms with E-state index in [2.05, 4.69) is 20.6 Å². The first-order valence-electron chi connectivity index (χ1n) is 7.90. The number of amides is 1. The molecule has 1 aromatic heterocycles. The SMILES string of the molecule is COc1ccccc1CNC(=O)c1cnc(Nc2cccc(Cl)c2)cn1. The molecule has 1 heterocycles. The Kier molecular flexibility index (Phi) is 5.66. The van der Waals surface area contributed by atoms with Gasteiger partial charge in [-0.05, 0) is 24.3 Å². The zero-order valence-electron chi connectivity index (χ0n) is 14.1. The second kappa shape index (κ2) is 8.31. The standard InChI is InChI=1S/C19H17ClN4O2/c1-26-17-8-3-2-5-13(17)10-23-19(25)16-11-22-18(12-21-16)24-15-7-4-6-14(20)9-15/h2-9,11-12H,10H2,1H3,(H,22,24)(H,23,25). The molecule has 0 spiro atoms. The lowest BCUT2D eigenvalue weighted by Gasteiger charge is -2.09. The van der Waals surface area contributed by atoms with Crippen LogP contribution in [-0.4, -0.2) is 23.0 Å². The second-order valence-corrected chi connectivity index (χ2v) is 5.85. The lowest BCUT2D eigenvalue weighted by atomic mass is 10.2. The fourth-order valence-corrected chi connectivity index (χ4v) is 2.53. The van der Waals surface area contributed by atoms with Crippen LogP contribution in [0.15, 0.2) is 60.9 Å². The van der Waals surface area contributed by atoms with E-state index < -0.39 is 0 Å². The first kappa shape index (κ1) is 17.7. The van der Waals surface area contributed by atoms with Gasteiger partial charge in [-0.25, -0.2) is 9.97 Å². The highest BCUT2D eigenvalue weighted by atomic mass is 35.5. The number of aromatic nitrogens is 2. The van der Waals surface area contributed by atoms with Gasteiger partial charge in [0.15, 0.2) is 0 Å². The molecule has 132 valence electrons. The van der Waals surface area contributed by atoms with Crippen molar-refractivity contribution in [2.24, 2.45) is 0 Å². The van der Waals surface area contributed by atoms with Crippen LogP contribution in [0.4, 0.5) is 11.5 Å². The van der Waals surface area contributed by atoms with Gasteiger partial charge in [-0.2, -0.15) is 0 Å². The van der Waals surface area contributed by atoms with Crippen LogP contribution >= 0.6 is 11.6 Å². The first-order chi connectivity index (χ1) is 12.7. The Bertz CT molecular complexity index is 900. The van der Waals surface area contributed by atoms with Gasteiger partial charge in [-0.3, -0.25) is 4.79 Å². The van der Waals surface area contributed by atoms with Gasteiger partial charge in [-0.1, -0.05) is 35.9 Å². The fourth-order valence-electron chi connectivity index (χ4n) is 2.34. The van der Waals surface area contributed by atoms with Gasteiger partial charge < -0.3 is 15.4 Å². The Balaban J connectivity index is 1.61. The summed E-state index contributed by atoms with van der Waals surface area (Å²) >= 11 is 5.95. The van der Waals surface area contributed by atoms with Crippen molar-refractivity contribution in [3.05, 3.63) is 77.2 Å². The molecule has 0 atom stereocenters. The smallest absolute Gasteiger partial charge is 0.271 e. The molecule has 7 heteroatoms. The van der Waals surface area contributed by atoms with Gasteiger partial charge in [0, 0.05) is 22.8 Å². The molecule has 0 radical (unpaired) electrons. The maximum Gasteiger partial charge on any atom is 0.271 e. The van der Waals surface area contributed by atoms with Crippen LogP contribution in [-0.2, 0) is 6.54 Å². The Morgan fingerprint density at radius 3 is 2.69 bits per heavy atom. The largest absolute Gasteiger partial charge is 0.496 e. The topological polar surface area (TPSA) is 76.1 Å². The number of methoxy groups -OCH3 is 1. The Labute approximate surface area is 156 Å². The maximum absolute atomic E-state index is 12.2. The van der Waals surface area contributed by atoms with E-state index in [0.717, 1.165) is 17.0 Å². The monoisotopic (exact) mass is 368 g/mol. The third-order valence-electron chi connectivity index (χ3n) is 3.61. The van der Waals surface area contributed by atoms with Gasteiger partial charge in [0.05, 0.1) is 19.5 Å².